The maximum Gasteiger partial charge on any atom is 0.253 e. The predicted molar refractivity (Wildman–Crippen MR) is 113 cm³/mol. The van der Waals surface area contributed by atoms with Crippen molar-refractivity contribution >= 4 is 18.3 Å². The first-order chi connectivity index (χ1) is 12.8. The van der Waals surface area contributed by atoms with Crippen molar-refractivity contribution in [3.63, 3.8) is 0 Å². The third-order valence-electron chi connectivity index (χ3n) is 6.02. The molecule has 4 nitrogen and oxygen atoms in total. The molecule has 1 N–H and O–H groups in total. The van der Waals surface area contributed by atoms with Gasteiger partial charge in [-0.15, -0.1) is 12.4 Å². The normalized spacial score (nSPS) is 18.8. The molecule has 5 heteroatoms. The van der Waals surface area contributed by atoms with Gasteiger partial charge in [0.1, 0.15) is 5.75 Å². The number of carbonyl (C=O) groups excluding carboxylic acids is 1. The molecule has 0 atom stereocenters. The largest absolute Gasteiger partial charge is 0.493 e. The molecule has 0 bridgehead atoms. The number of halogens is 1. The highest BCUT2D eigenvalue weighted by molar-refractivity contribution is 5.94. The maximum atomic E-state index is 12.7. The minimum atomic E-state index is 0. The van der Waals surface area contributed by atoms with Crippen molar-refractivity contribution < 1.29 is 9.53 Å². The molecule has 1 aliphatic heterocycles. The van der Waals surface area contributed by atoms with E-state index in [9.17, 15) is 4.79 Å². The van der Waals surface area contributed by atoms with E-state index >= 15 is 0 Å². The average molecular weight is 395 g/mol. The summed E-state index contributed by atoms with van der Waals surface area (Å²) >= 11 is 0. The second-order valence-corrected chi connectivity index (χ2v) is 7.97. The lowest BCUT2D eigenvalue weighted by atomic mass is 9.90. The van der Waals surface area contributed by atoms with Crippen molar-refractivity contribution in [3.8, 4) is 5.75 Å². The summed E-state index contributed by atoms with van der Waals surface area (Å²) < 4.78 is 5.95. The van der Waals surface area contributed by atoms with E-state index in [1.807, 2.05) is 36.2 Å². The van der Waals surface area contributed by atoms with Crippen LogP contribution < -0.4 is 10.1 Å². The fraction of sp³-hybridized carbons (Fsp3) is 0.682. The van der Waals surface area contributed by atoms with E-state index in [-0.39, 0.29) is 18.3 Å². The van der Waals surface area contributed by atoms with E-state index in [1.54, 1.807) is 0 Å². The molecule has 1 saturated carbocycles. The van der Waals surface area contributed by atoms with Gasteiger partial charge in [-0.2, -0.15) is 0 Å². The lowest BCUT2D eigenvalue weighted by Gasteiger charge is -2.32. The Kier molecular flexibility index (Phi) is 9.43. The molecule has 152 valence electrons. The second kappa shape index (κ2) is 11.6. The van der Waals surface area contributed by atoms with Crippen molar-refractivity contribution in [2.75, 3.05) is 33.3 Å². The van der Waals surface area contributed by atoms with E-state index in [0.717, 1.165) is 56.3 Å². The van der Waals surface area contributed by atoms with Crippen LogP contribution >= 0.6 is 12.4 Å². The zero-order valence-corrected chi connectivity index (χ0v) is 17.4. The van der Waals surface area contributed by atoms with Crippen LogP contribution in [0.3, 0.4) is 0 Å². The van der Waals surface area contributed by atoms with Gasteiger partial charge >= 0.3 is 0 Å². The number of piperidine rings is 1. The average Bonchev–Trinajstić information content (AvgIpc) is 2.72. The van der Waals surface area contributed by atoms with E-state index in [0.29, 0.717) is 5.92 Å². The fourth-order valence-electron chi connectivity index (χ4n) is 4.22. The van der Waals surface area contributed by atoms with Crippen molar-refractivity contribution in [1.82, 2.24) is 10.2 Å². The smallest absolute Gasteiger partial charge is 0.253 e. The lowest BCUT2D eigenvalue weighted by Crippen LogP contribution is -2.38. The molecule has 1 amide bonds. The number of nitrogens with zero attached hydrogens (tertiary/aromatic N) is 1. The molecule has 0 spiro atoms. The van der Waals surface area contributed by atoms with Gasteiger partial charge in [-0.25, -0.2) is 0 Å². The van der Waals surface area contributed by atoms with Crippen LogP contribution in [0.1, 0.15) is 61.7 Å². The van der Waals surface area contributed by atoms with Gasteiger partial charge in [0.2, 0.25) is 0 Å². The number of carbonyl (C=O) groups is 1. The standard InChI is InChI=1S/C22H34N2O2.ClH/c1-23-14-11-18-12-15-24(16-13-18)22(25)20-7-9-21(10-8-20)26-17-19-5-3-2-4-6-19;/h7-10,18-19,23H,2-6,11-17H2,1H3;1H. The molecule has 0 radical (unpaired) electrons. The van der Waals surface area contributed by atoms with Crippen LogP contribution in [-0.2, 0) is 0 Å². The first-order valence-electron chi connectivity index (χ1n) is 10.4. The topological polar surface area (TPSA) is 41.6 Å². The van der Waals surface area contributed by atoms with Crippen LogP contribution in [0.5, 0.6) is 5.75 Å². The van der Waals surface area contributed by atoms with Crippen molar-refractivity contribution in [2.24, 2.45) is 11.8 Å². The number of benzene rings is 1. The van der Waals surface area contributed by atoms with E-state index < -0.39 is 0 Å². The Labute approximate surface area is 170 Å². The van der Waals surface area contributed by atoms with Gasteiger partial charge in [0.25, 0.3) is 5.91 Å². The Hall–Kier alpha value is -1.26. The minimum Gasteiger partial charge on any atom is -0.493 e. The van der Waals surface area contributed by atoms with Gasteiger partial charge in [-0.3, -0.25) is 4.79 Å². The number of amides is 1. The second-order valence-electron chi connectivity index (χ2n) is 7.97. The number of hydrogen-bond donors (Lipinski definition) is 1. The summed E-state index contributed by atoms with van der Waals surface area (Å²) in [5.41, 5.74) is 0.781. The van der Waals surface area contributed by atoms with Crippen molar-refractivity contribution in [2.45, 2.75) is 51.4 Å². The lowest BCUT2D eigenvalue weighted by molar-refractivity contribution is 0.0687. The van der Waals surface area contributed by atoms with Crippen LogP contribution in [-0.4, -0.2) is 44.1 Å². The van der Waals surface area contributed by atoms with E-state index in [4.69, 9.17) is 4.74 Å². The van der Waals surface area contributed by atoms with Gasteiger partial charge < -0.3 is 15.0 Å². The van der Waals surface area contributed by atoms with Gasteiger partial charge in [0.15, 0.2) is 0 Å². The Morgan fingerprint density at radius 2 is 1.70 bits per heavy atom. The number of hydrogen-bond acceptors (Lipinski definition) is 3. The summed E-state index contributed by atoms with van der Waals surface area (Å²) in [4.78, 5) is 14.7. The predicted octanol–water partition coefficient (Wildman–Crippen LogP) is 4.53. The Morgan fingerprint density at radius 3 is 2.33 bits per heavy atom. The summed E-state index contributed by atoms with van der Waals surface area (Å²) in [7, 11) is 2.00. The van der Waals surface area contributed by atoms with Crippen LogP contribution in [0.4, 0.5) is 0 Å². The molecular formula is C22H35ClN2O2. The molecule has 2 aliphatic rings. The summed E-state index contributed by atoms with van der Waals surface area (Å²) in [6, 6.07) is 7.75. The summed E-state index contributed by atoms with van der Waals surface area (Å²) in [6.07, 6.45) is 10.1. The minimum absolute atomic E-state index is 0. The molecule has 1 saturated heterocycles. The molecule has 1 aromatic rings. The van der Waals surface area contributed by atoms with Crippen LogP contribution in [0.25, 0.3) is 0 Å². The highest BCUT2D eigenvalue weighted by atomic mass is 35.5. The van der Waals surface area contributed by atoms with Crippen LogP contribution in [0.15, 0.2) is 24.3 Å². The van der Waals surface area contributed by atoms with Gasteiger partial charge in [0.05, 0.1) is 6.61 Å². The highest BCUT2D eigenvalue weighted by Crippen LogP contribution is 2.25. The number of rotatable bonds is 7. The molecule has 1 aliphatic carbocycles. The first-order valence-corrected chi connectivity index (χ1v) is 10.4. The summed E-state index contributed by atoms with van der Waals surface area (Å²) in [6.45, 7) is 3.65. The number of likely N-dealkylation sites (tertiary alicyclic amines) is 1. The van der Waals surface area contributed by atoms with Crippen LogP contribution in [0.2, 0.25) is 0 Å². The van der Waals surface area contributed by atoms with Crippen molar-refractivity contribution in [3.05, 3.63) is 29.8 Å². The van der Waals surface area contributed by atoms with Gasteiger partial charge in [-0.05, 0) is 81.8 Å². The number of ether oxygens (including phenoxy) is 1. The molecule has 2 fully saturated rings. The van der Waals surface area contributed by atoms with E-state index in [1.165, 1.54) is 38.5 Å². The summed E-state index contributed by atoms with van der Waals surface area (Å²) in [5, 5.41) is 3.22. The first kappa shape index (κ1) is 22.0. The SMILES string of the molecule is CNCCC1CCN(C(=O)c2ccc(OCC3CCCCC3)cc2)CC1.Cl. The Morgan fingerprint density at radius 1 is 1.04 bits per heavy atom. The third-order valence-corrected chi connectivity index (χ3v) is 6.02. The van der Waals surface area contributed by atoms with E-state index in [2.05, 4.69) is 5.32 Å². The molecule has 1 heterocycles. The molecule has 1 aromatic carbocycles. The highest BCUT2D eigenvalue weighted by Gasteiger charge is 2.23. The molecule has 3 rings (SSSR count). The zero-order valence-electron chi connectivity index (χ0n) is 16.6. The molecule has 0 aromatic heterocycles. The zero-order chi connectivity index (χ0) is 18.2. The number of nitrogens with one attached hydrogen (secondary N) is 1. The molecular weight excluding hydrogens is 360 g/mol. The third kappa shape index (κ3) is 6.69. The Balaban J connectivity index is 0.00000261. The van der Waals surface area contributed by atoms with Crippen LogP contribution in [0, 0.1) is 11.8 Å². The van der Waals surface area contributed by atoms with Gasteiger partial charge in [0, 0.05) is 18.7 Å². The molecule has 27 heavy (non-hydrogen) atoms. The van der Waals surface area contributed by atoms with Crippen molar-refractivity contribution in [1.29, 1.82) is 0 Å². The monoisotopic (exact) mass is 394 g/mol. The Bertz CT molecular complexity index is 550. The summed E-state index contributed by atoms with van der Waals surface area (Å²) in [5.74, 6) is 2.50. The maximum absolute atomic E-state index is 12.7. The molecule has 0 unspecified atom stereocenters. The van der Waals surface area contributed by atoms with Gasteiger partial charge in [-0.1, -0.05) is 19.3 Å². The quantitative estimate of drug-likeness (QED) is 0.738. The fourth-order valence-corrected chi connectivity index (χ4v) is 4.22.